The average molecular weight is 253 g/mol. The van der Waals surface area contributed by atoms with Gasteiger partial charge >= 0.3 is 11.6 Å². The molecule has 0 fully saturated rings. The summed E-state index contributed by atoms with van der Waals surface area (Å²) in [6.45, 7) is 3.27. The highest BCUT2D eigenvalue weighted by atomic mass is 16.4. The highest BCUT2D eigenvalue weighted by Gasteiger charge is 2.34. The van der Waals surface area contributed by atoms with Crippen LogP contribution in [0.4, 0.5) is 0 Å². The lowest BCUT2D eigenvalue weighted by atomic mass is 9.96. The van der Waals surface area contributed by atoms with E-state index in [1.54, 1.807) is 0 Å². The van der Waals surface area contributed by atoms with E-state index in [4.69, 9.17) is 5.11 Å². The van der Waals surface area contributed by atoms with E-state index in [-0.39, 0.29) is 5.56 Å². The summed E-state index contributed by atoms with van der Waals surface area (Å²) in [5, 5.41) is 11.5. The second-order valence-electron chi connectivity index (χ2n) is 4.18. The van der Waals surface area contributed by atoms with Crippen molar-refractivity contribution in [3.05, 3.63) is 34.4 Å². The van der Waals surface area contributed by atoms with E-state index < -0.39 is 23.0 Å². The molecule has 1 unspecified atom stereocenters. The first-order valence-corrected chi connectivity index (χ1v) is 5.54. The van der Waals surface area contributed by atoms with Gasteiger partial charge in [-0.2, -0.15) is 0 Å². The molecule has 6 nitrogen and oxygen atoms in total. The lowest BCUT2D eigenvalue weighted by molar-refractivity contribution is -0.144. The smallest absolute Gasteiger partial charge is 0.335 e. The van der Waals surface area contributed by atoms with E-state index in [2.05, 4.69) is 9.73 Å². The molecule has 0 spiro atoms. The molecule has 0 aromatic carbocycles. The lowest BCUT2D eigenvalue weighted by Gasteiger charge is -2.25. The molecule has 1 rings (SSSR count). The first-order valence-electron chi connectivity index (χ1n) is 5.54. The molecular weight excluding hydrogens is 238 g/mol. The Morgan fingerprint density at radius 3 is 2.56 bits per heavy atom. The van der Waals surface area contributed by atoms with Crippen LogP contribution in [0.3, 0.4) is 0 Å². The largest absolute Gasteiger partial charge is 0.480 e. The maximum atomic E-state index is 11.8. The molecule has 0 aliphatic heterocycles. The molecule has 18 heavy (non-hydrogen) atoms. The Hall–Kier alpha value is -2.11. The summed E-state index contributed by atoms with van der Waals surface area (Å²) in [7, 11) is 0. The zero-order valence-corrected chi connectivity index (χ0v) is 10.2. The molecule has 0 aliphatic rings. The summed E-state index contributed by atoms with van der Waals surface area (Å²) in [5.41, 5.74) is -1.79. The Bertz CT molecular complexity index is 487. The van der Waals surface area contributed by atoms with Crippen molar-refractivity contribution in [2.24, 2.45) is 0 Å². The Morgan fingerprint density at radius 2 is 2.11 bits per heavy atom. The van der Waals surface area contributed by atoms with Crippen molar-refractivity contribution >= 4 is 11.9 Å². The molecule has 98 valence electrons. The number of carbonyl (C=O) groups is 2. The van der Waals surface area contributed by atoms with Crippen molar-refractivity contribution in [2.75, 3.05) is 0 Å². The minimum Gasteiger partial charge on any atom is -0.480 e. The fourth-order valence-electron chi connectivity index (χ4n) is 1.53. The van der Waals surface area contributed by atoms with Gasteiger partial charge in [0.05, 0.1) is 5.56 Å². The van der Waals surface area contributed by atoms with Gasteiger partial charge in [-0.25, -0.2) is 9.59 Å². The van der Waals surface area contributed by atoms with Crippen LogP contribution >= 0.6 is 0 Å². The molecule has 1 heterocycles. The van der Waals surface area contributed by atoms with Gasteiger partial charge in [-0.1, -0.05) is 13.3 Å². The number of carbonyl (C=O) groups excluding carboxylic acids is 1. The quantitative estimate of drug-likeness (QED) is 0.816. The Balaban J connectivity index is 2.88. The third-order valence-corrected chi connectivity index (χ3v) is 2.57. The SMILES string of the molecule is CCCC(C)(NC(=O)c1ccc(=O)oc1)C(=O)O. The van der Waals surface area contributed by atoms with E-state index >= 15 is 0 Å². The van der Waals surface area contributed by atoms with Crippen molar-refractivity contribution in [2.45, 2.75) is 32.2 Å². The minimum absolute atomic E-state index is 0.109. The Kier molecular flexibility index (Phi) is 4.25. The first-order chi connectivity index (χ1) is 8.39. The Morgan fingerprint density at radius 1 is 1.44 bits per heavy atom. The fourth-order valence-corrected chi connectivity index (χ4v) is 1.53. The normalized spacial score (nSPS) is 13.7. The predicted molar refractivity (Wildman–Crippen MR) is 63.4 cm³/mol. The maximum absolute atomic E-state index is 11.8. The summed E-state index contributed by atoms with van der Waals surface area (Å²) in [4.78, 5) is 33.7. The van der Waals surface area contributed by atoms with E-state index in [1.807, 2.05) is 6.92 Å². The summed E-state index contributed by atoms with van der Waals surface area (Å²) in [6.07, 6.45) is 1.93. The van der Waals surface area contributed by atoms with Crippen LogP contribution < -0.4 is 10.9 Å². The topological polar surface area (TPSA) is 96.6 Å². The second kappa shape index (κ2) is 5.48. The highest BCUT2D eigenvalue weighted by Crippen LogP contribution is 2.13. The van der Waals surface area contributed by atoms with Gasteiger partial charge in [0.15, 0.2) is 0 Å². The molecule has 1 aromatic rings. The van der Waals surface area contributed by atoms with Gasteiger partial charge in [0.1, 0.15) is 11.8 Å². The van der Waals surface area contributed by atoms with Crippen LogP contribution in [0.2, 0.25) is 0 Å². The van der Waals surface area contributed by atoms with E-state index in [9.17, 15) is 14.4 Å². The molecule has 1 aromatic heterocycles. The first kappa shape index (κ1) is 14.0. The molecule has 2 N–H and O–H groups in total. The van der Waals surface area contributed by atoms with Crippen LogP contribution in [0.15, 0.2) is 27.6 Å². The zero-order chi connectivity index (χ0) is 13.8. The van der Waals surface area contributed by atoms with Gasteiger partial charge < -0.3 is 14.8 Å². The molecular formula is C12H15NO5. The highest BCUT2D eigenvalue weighted by molar-refractivity contribution is 5.97. The predicted octanol–water partition coefficient (Wildman–Crippen LogP) is 1.01. The average Bonchev–Trinajstić information content (AvgIpc) is 2.29. The van der Waals surface area contributed by atoms with Crippen molar-refractivity contribution in [1.82, 2.24) is 5.32 Å². The molecule has 1 atom stereocenters. The van der Waals surface area contributed by atoms with Crippen molar-refractivity contribution < 1.29 is 19.1 Å². The van der Waals surface area contributed by atoms with Gasteiger partial charge in [-0.15, -0.1) is 0 Å². The van der Waals surface area contributed by atoms with E-state index in [0.29, 0.717) is 12.8 Å². The monoisotopic (exact) mass is 253 g/mol. The molecule has 0 aliphatic carbocycles. The molecule has 1 amide bonds. The lowest BCUT2D eigenvalue weighted by Crippen LogP contribution is -2.52. The molecule has 0 saturated carbocycles. The van der Waals surface area contributed by atoms with Crippen LogP contribution in [0.1, 0.15) is 37.0 Å². The third kappa shape index (κ3) is 3.19. The number of amides is 1. The number of carboxylic acids is 1. The van der Waals surface area contributed by atoms with Gasteiger partial charge in [0.2, 0.25) is 0 Å². The van der Waals surface area contributed by atoms with Crippen molar-refractivity contribution in [3.63, 3.8) is 0 Å². The molecule has 0 radical (unpaired) electrons. The number of nitrogens with one attached hydrogen (secondary N) is 1. The van der Waals surface area contributed by atoms with Crippen LogP contribution in [-0.2, 0) is 4.79 Å². The standard InChI is InChI=1S/C12H15NO5/c1-3-6-12(2,11(16)17)13-10(15)8-4-5-9(14)18-7-8/h4-5,7H,3,6H2,1-2H3,(H,13,15)(H,16,17). The number of hydrogen-bond acceptors (Lipinski definition) is 4. The van der Waals surface area contributed by atoms with Crippen LogP contribution in [0.25, 0.3) is 0 Å². The number of rotatable bonds is 5. The summed E-state index contributed by atoms with van der Waals surface area (Å²) >= 11 is 0. The number of carboxylic acid groups (broad SMARTS) is 1. The maximum Gasteiger partial charge on any atom is 0.335 e. The van der Waals surface area contributed by atoms with Gasteiger partial charge in [0, 0.05) is 6.07 Å². The van der Waals surface area contributed by atoms with Crippen LogP contribution in [0.5, 0.6) is 0 Å². The summed E-state index contributed by atoms with van der Waals surface area (Å²) < 4.78 is 4.55. The summed E-state index contributed by atoms with van der Waals surface area (Å²) in [5.74, 6) is -1.69. The van der Waals surface area contributed by atoms with Gasteiger partial charge in [-0.05, 0) is 19.4 Å². The van der Waals surface area contributed by atoms with E-state index in [0.717, 1.165) is 12.3 Å². The van der Waals surface area contributed by atoms with Gasteiger partial charge in [-0.3, -0.25) is 4.79 Å². The summed E-state index contributed by atoms with van der Waals surface area (Å²) in [6, 6.07) is 2.39. The Labute approximate surface area is 104 Å². The third-order valence-electron chi connectivity index (χ3n) is 2.57. The number of aliphatic carboxylic acids is 1. The number of hydrogen-bond donors (Lipinski definition) is 2. The second-order valence-corrected chi connectivity index (χ2v) is 4.18. The molecule has 0 bridgehead atoms. The van der Waals surface area contributed by atoms with Gasteiger partial charge in [0.25, 0.3) is 5.91 Å². The van der Waals surface area contributed by atoms with Crippen molar-refractivity contribution in [1.29, 1.82) is 0 Å². The molecule has 6 heteroatoms. The van der Waals surface area contributed by atoms with E-state index in [1.165, 1.54) is 13.0 Å². The zero-order valence-electron chi connectivity index (χ0n) is 10.2. The van der Waals surface area contributed by atoms with Crippen LogP contribution in [0, 0.1) is 0 Å². The molecule has 0 saturated heterocycles. The van der Waals surface area contributed by atoms with Crippen molar-refractivity contribution in [3.8, 4) is 0 Å². The van der Waals surface area contributed by atoms with Crippen LogP contribution in [-0.4, -0.2) is 22.5 Å². The fraction of sp³-hybridized carbons (Fsp3) is 0.417. The minimum atomic E-state index is -1.33.